The second-order valence-electron chi connectivity index (χ2n) is 5.94. The van der Waals surface area contributed by atoms with Gasteiger partial charge in [-0.1, -0.05) is 6.42 Å². The number of imidazole rings is 1. The van der Waals surface area contributed by atoms with E-state index in [1.165, 1.54) is 49.2 Å². The molecule has 1 aliphatic carbocycles. The number of hydrogen-bond acceptors (Lipinski definition) is 2. The lowest BCUT2D eigenvalue weighted by Gasteiger charge is -2.21. The van der Waals surface area contributed by atoms with Crippen LogP contribution in [-0.2, 0) is 0 Å². The minimum atomic E-state index is 0.934. The highest BCUT2D eigenvalue weighted by atomic mass is 15.2. The Morgan fingerprint density at radius 3 is 2.72 bits per heavy atom. The Balaban J connectivity index is 1.76. The van der Waals surface area contributed by atoms with E-state index >= 15 is 0 Å². The number of pyridine rings is 1. The third kappa shape index (κ3) is 1.46. The fourth-order valence-corrected chi connectivity index (χ4v) is 3.82. The summed E-state index contributed by atoms with van der Waals surface area (Å²) in [5.74, 6) is 3.20. The molecule has 2 atom stereocenters. The number of nitrogens with zero attached hydrogens (tertiary/aromatic N) is 3. The van der Waals surface area contributed by atoms with E-state index in [2.05, 4.69) is 33.3 Å². The molecule has 0 N–H and O–H groups in total. The van der Waals surface area contributed by atoms with Crippen LogP contribution in [0.15, 0.2) is 24.7 Å². The van der Waals surface area contributed by atoms with Gasteiger partial charge in [-0.15, -0.1) is 0 Å². The Labute approximate surface area is 107 Å². The zero-order chi connectivity index (χ0) is 12.1. The first-order valence-corrected chi connectivity index (χ1v) is 6.99. The van der Waals surface area contributed by atoms with Crippen molar-refractivity contribution in [1.82, 2.24) is 9.38 Å². The van der Waals surface area contributed by atoms with Crippen molar-refractivity contribution in [2.45, 2.75) is 26.2 Å². The van der Waals surface area contributed by atoms with E-state index in [0.717, 1.165) is 11.8 Å². The van der Waals surface area contributed by atoms with Crippen LogP contribution >= 0.6 is 0 Å². The quantitative estimate of drug-likeness (QED) is 0.765. The van der Waals surface area contributed by atoms with Gasteiger partial charge in [-0.2, -0.15) is 0 Å². The SMILES string of the molecule is Cc1cc(N2CC3CCCC3C2)n2cncc2c1. The molecule has 2 unspecified atom stereocenters. The lowest BCUT2D eigenvalue weighted by Crippen LogP contribution is -2.23. The van der Waals surface area contributed by atoms with Crippen LogP contribution in [0.3, 0.4) is 0 Å². The molecule has 2 aromatic rings. The molecule has 4 rings (SSSR count). The molecule has 3 heterocycles. The molecular formula is C15H19N3. The summed E-state index contributed by atoms with van der Waals surface area (Å²) in [7, 11) is 0. The van der Waals surface area contributed by atoms with Crippen molar-refractivity contribution in [3.8, 4) is 0 Å². The summed E-state index contributed by atoms with van der Waals surface area (Å²) in [5, 5.41) is 0. The standard InChI is InChI=1S/C15H19N3/c1-11-5-14-7-16-10-18(14)15(6-11)17-8-12-3-2-4-13(12)9-17/h5-7,10,12-13H,2-4,8-9H2,1H3. The van der Waals surface area contributed by atoms with E-state index in [0.29, 0.717) is 0 Å². The van der Waals surface area contributed by atoms with Gasteiger partial charge >= 0.3 is 0 Å². The van der Waals surface area contributed by atoms with Gasteiger partial charge in [0.15, 0.2) is 0 Å². The van der Waals surface area contributed by atoms with E-state index in [1.807, 2.05) is 12.5 Å². The fraction of sp³-hybridized carbons (Fsp3) is 0.533. The van der Waals surface area contributed by atoms with Gasteiger partial charge in [0, 0.05) is 13.1 Å². The van der Waals surface area contributed by atoms with Crippen LogP contribution in [0.2, 0.25) is 0 Å². The van der Waals surface area contributed by atoms with Crippen molar-refractivity contribution in [3.63, 3.8) is 0 Å². The lowest BCUT2D eigenvalue weighted by atomic mass is 10.0. The van der Waals surface area contributed by atoms with E-state index in [-0.39, 0.29) is 0 Å². The van der Waals surface area contributed by atoms with Crippen LogP contribution in [0.1, 0.15) is 24.8 Å². The normalized spacial score (nSPS) is 27.1. The third-order valence-corrected chi connectivity index (χ3v) is 4.70. The van der Waals surface area contributed by atoms with E-state index in [9.17, 15) is 0 Å². The highest BCUT2D eigenvalue weighted by Gasteiger charge is 2.36. The Kier molecular flexibility index (Phi) is 2.16. The zero-order valence-electron chi connectivity index (χ0n) is 10.8. The first-order chi connectivity index (χ1) is 8.81. The second-order valence-corrected chi connectivity index (χ2v) is 5.94. The van der Waals surface area contributed by atoms with Gasteiger partial charge < -0.3 is 4.90 Å². The van der Waals surface area contributed by atoms with Gasteiger partial charge in [0.1, 0.15) is 12.1 Å². The average Bonchev–Trinajstić information content (AvgIpc) is 3.01. The molecular weight excluding hydrogens is 222 g/mol. The number of rotatable bonds is 1. The predicted molar refractivity (Wildman–Crippen MR) is 73.0 cm³/mol. The molecule has 2 aliphatic rings. The van der Waals surface area contributed by atoms with E-state index in [4.69, 9.17) is 0 Å². The minimum Gasteiger partial charge on any atom is -0.357 e. The highest BCUT2D eigenvalue weighted by molar-refractivity contribution is 5.57. The second kappa shape index (κ2) is 3.74. The molecule has 0 aromatic carbocycles. The summed E-state index contributed by atoms with van der Waals surface area (Å²) in [6.45, 7) is 4.65. The van der Waals surface area contributed by atoms with Crippen molar-refractivity contribution in [1.29, 1.82) is 0 Å². The molecule has 1 aliphatic heterocycles. The van der Waals surface area contributed by atoms with Gasteiger partial charge in [-0.05, 0) is 49.3 Å². The molecule has 18 heavy (non-hydrogen) atoms. The molecule has 3 nitrogen and oxygen atoms in total. The summed E-state index contributed by atoms with van der Waals surface area (Å²) >= 11 is 0. The van der Waals surface area contributed by atoms with Gasteiger partial charge in [0.05, 0.1) is 11.7 Å². The predicted octanol–water partition coefficient (Wildman–Crippen LogP) is 2.88. The molecule has 1 saturated heterocycles. The topological polar surface area (TPSA) is 20.5 Å². The summed E-state index contributed by atoms with van der Waals surface area (Å²) in [4.78, 5) is 6.85. The summed E-state index contributed by atoms with van der Waals surface area (Å²) in [6.07, 6.45) is 8.20. The van der Waals surface area contributed by atoms with Crippen LogP contribution in [-0.4, -0.2) is 22.5 Å². The van der Waals surface area contributed by atoms with Crippen LogP contribution in [0, 0.1) is 18.8 Å². The maximum absolute atomic E-state index is 4.28. The van der Waals surface area contributed by atoms with Crippen molar-refractivity contribution in [2.75, 3.05) is 18.0 Å². The van der Waals surface area contributed by atoms with Crippen molar-refractivity contribution in [2.24, 2.45) is 11.8 Å². The van der Waals surface area contributed by atoms with E-state index < -0.39 is 0 Å². The van der Waals surface area contributed by atoms with Crippen LogP contribution in [0.4, 0.5) is 5.82 Å². The lowest BCUT2D eigenvalue weighted by molar-refractivity contribution is 0.494. The van der Waals surface area contributed by atoms with Crippen molar-refractivity contribution >= 4 is 11.3 Å². The zero-order valence-corrected chi connectivity index (χ0v) is 10.8. The molecule has 3 heteroatoms. The van der Waals surface area contributed by atoms with Gasteiger partial charge in [0.25, 0.3) is 0 Å². The largest absolute Gasteiger partial charge is 0.357 e. The Morgan fingerprint density at radius 1 is 1.17 bits per heavy atom. The number of fused-ring (bicyclic) bond motifs is 2. The maximum Gasteiger partial charge on any atom is 0.114 e. The van der Waals surface area contributed by atoms with Gasteiger partial charge in [0.2, 0.25) is 0 Å². The number of aryl methyl sites for hydroxylation is 1. The van der Waals surface area contributed by atoms with Crippen LogP contribution in [0.5, 0.6) is 0 Å². The fourth-order valence-electron chi connectivity index (χ4n) is 3.82. The molecule has 1 saturated carbocycles. The third-order valence-electron chi connectivity index (χ3n) is 4.70. The molecule has 2 aromatic heterocycles. The summed E-state index contributed by atoms with van der Waals surface area (Å²) in [5.41, 5.74) is 2.54. The van der Waals surface area contributed by atoms with E-state index in [1.54, 1.807) is 0 Å². The Hall–Kier alpha value is -1.51. The van der Waals surface area contributed by atoms with Gasteiger partial charge in [-0.25, -0.2) is 4.98 Å². The number of anilines is 1. The smallest absolute Gasteiger partial charge is 0.114 e. The first kappa shape index (κ1) is 10.4. The molecule has 0 spiro atoms. The van der Waals surface area contributed by atoms with Crippen molar-refractivity contribution < 1.29 is 0 Å². The number of hydrogen-bond donors (Lipinski definition) is 0. The summed E-state index contributed by atoms with van der Waals surface area (Å²) < 4.78 is 2.23. The molecule has 0 amide bonds. The first-order valence-electron chi connectivity index (χ1n) is 6.99. The maximum atomic E-state index is 4.28. The Morgan fingerprint density at radius 2 is 1.94 bits per heavy atom. The number of aromatic nitrogens is 2. The average molecular weight is 241 g/mol. The van der Waals surface area contributed by atoms with Crippen LogP contribution in [0.25, 0.3) is 5.52 Å². The highest BCUT2D eigenvalue weighted by Crippen LogP contribution is 2.39. The molecule has 0 bridgehead atoms. The molecule has 2 fully saturated rings. The summed E-state index contributed by atoms with van der Waals surface area (Å²) in [6, 6.07) is 4.50. The van der Waals surface area contributed by atoms with Crippen molar-refractivity contribution in [3.05, 3.63) is 30.2 Å². The Bertz CT molecular complexity index is 574. The minimum absolute atomic E-state index is 0.934. The van der Waals surface area contributed by atoms with Gasteiger partial charge in [-0.3, -0.25) is 4.40 Å². The molecule has 94 valence electrons. The monoisotopic (exact) mass is 241 g/mol. The molecule has 0 radical (unpaired) electrons. The van der Waals surface area contributed by atoms with Crippen LogP contribution < -0.4 is 4.90 Å².